The van der Waals surface area contributed by atoms with E-state index in [9.17, 15) is 4.79 Å². The Hall–Kier alpha value is -1.69. The molecule has 0 aliphatic carbocycles. The van der Waals surface area contributed by atoms with Gasteiger partial charge in [0.15, 0.2) is 5.65 Å². The van der Waals surface area contributed by atoms with Crippen molar-refractivity contribution in [3.8, 4) is 0 Å². The fourth-order valence-corrected chi connectivity index (χ4v) is 1.87. The third-order valence-electron chi connectivity index (χ3n) is 3.56. The Morgan fingerprint density at radius 1 is 1.42 bits per heavy atom. The van der Waals surface area contributed by atoms with Crippen molar-refractivity contribution in [2.75, 3.05) is 6.54 Å². The molecule has 0 fully saturated rings. The molecule has 0 aliphatic rings. The Morgan fingerprint density at radius 3 is 2.84 bits per heavy atom. The lowest BCUT2D eigenvalue weighted by molar-refractivity contribution is 0.366. The van der Waals surface area contributed by atoms with Gasteiger partial charge in [-0.15, -0.1) is 0 Å². The molecule has 104 valence electrons. The molecule has 2 rings (SSSR count). The lowest BCUT2D eigenvalue weighted by atomic mass is 10.0. The van der Waals surface area contributed by atoms with Crippen LogP contribution in [0.1, 0.15) is 27.2 Å². The summed E-state index contributed by atoms with van der Waals surface area (Å²) in [7, 11) is 1.78. The molecule has 6 nitrogen and oxygen atoms in total. The Labute approximate surface area is 112 Å². The van der Waals surface area contributed by atoms with Crippen LogP contribution in [0.15, 0.2) is 17.3 Å². The molecular weight excluding hydrogens is 242 g/mol. The third-order valence-corrected chi connectivity index (χ3v) is 3.56. The van der Waals surface area contributed by atoms with Crippen LogP contribution in [-0.2, 0) is 13.6 Å². The van der Waals surface area contributed by atoms with Crippen molar-refractivity contribution >= 4 is 11.0 Å². The van der Waals surface area contributed by atoms with Crippen molar-refractivity contribution in [3.63, 3.8) is 0 Å². The molecule has 2 aromatic heterocycles. The maximum absolute atomic E-state index is 12.2. The molecule has 6 heteroatoms. The van der Waals surface area contributed by atoms with Gasteiger partial charge in [0.05, 0.1) is 6.20 Å². The molecule has 0 aliphatic heterocycles. The summed E-state index contributed by atoms with van der Waals surface area (Å²) in [6, 6.07) is 0. The summed E-state index contributed by atoms with van der Waals surface area (Å²) in [5.74, 6) is 0. The first-order valence-corrected chi connectivity index (χ1v) is 6.57. The smallest absolute Gasteiger partial charge is 0.264 e. The predicted molar refractivity (Wildman–Crippen MR) is 75.1 cm³/mol. The lowest BCUT2D eigenvalue weighted by Gasteiger charge is -2.24. The van der Waals surface area contributed by atoms with Crippen LogP contribution < -0.4 is 10.9 Å². The Bertz CT molecular complexity index is 625. The summed E-state index contributed by atoms with van der Waals surface area (Å²) in [5, 5.41) is 8.05. The van der Waals surface area contributed by atoms with Crippen molar-refractivity contribution in [2.24, 2.45) is 7.05 Å². The molecule has 0 radical (unpaired) electrons. The number of hydrogen-bond acceptors (Lipinski definition) is 4. The molecule has 2 heterocycles. The Balaban J connectivity index is 2.14. The first-order valence-electron chi connectivity index (χ1n) is 6.57. The molecule has 0 spiro atoms. The fraction of sp³-hybridized carbons (Fsp3) is 0.615. The number of aromatic nitrogens is 4. The van der Waals surface area contributed by atoms with Crippen LogP contribution in [0.3, 0.4) is 0 Å². The lowest BCUT2D eigenvalue weighted by Crippen LogP contribution is -2.41. The second kappa shape index (κ2) is 5.13. The van der Waals surface area contributed by atoms with E-state index in [-0.39, 0.29) is 11.1 Å². The maximum Gasteiger partial charge on any atom is 0.264 e. The van der Waals surface area contributed by atoms with Gasteiger partial charge in [0.25, 0.3) is 5.56 Å². The van der Waals surface area contributed by atoms with Crippen molar-refractivity contribution in [3.05, 3.63) is 22.9 Å². The van der Waals surface area contributed by atoms with Gasteiger partial charge in [0, 0.05) is 25.7 Å². The summed E-state index contributed by atoms with van der Waals surface area (Å²) in [6.45, 7) is 7.80. The zero-order valence-electron chi connectivity index (χ0n) is 12.0. The van der Waals surface area contributed by atoms with Crippen LogP contribution in [0.2, 0.25) is 0 Å². The highest BCUT2D eigenvalue weighted by Crippen LogP contribution is 2.06. The van der Waals surface area contributed by atoms with Gasteiger partial charge in [-0.05, 0) is 20.3 Å². The summed E-state index contributed by atoms with van der Waals surface area (Å²) >= 11 is 0. The van der Waals surface area contributed by atoms with Crippen molar-refractivity contribution in [1.82, 2.24) is 24.6 Å². The molecule has 0 saturated heterocycles. The number of fused-ring (bicyclic) bond motifs is 1. The topological polar surface area (TPSA) is 64.7 Å². The molecule has 1 N–H and O–H groups in total. The zero-order valence-corrected chi connectivity index (χ0v) is 12.0. The van der Waals surface area contributed by atoms with Crippen LogP contribution in [0.25, 0.3) is 11.0 Å². The maximum atomic E-state index is 12.2. The highest BCUT2D eigenvalue weighted by molar-refractivity contribution is 5.72. The fourth-order valence-electron chi connectivity index (χ4n) is 1.87. The minimum absolute atomic E-state index is 0.0331. The van der Waals surface area contributed by atoms with Crippen molar-refractivity contribution in [2.45, 2.75) is 39.3 Å². The molecule has 2 aromatic rings. The van der Waals surface area contributed by atoms with E-state index in [2.05, 4.69) is 36.2 Å². The first kappa shape index (κ1) is 13.7. The van der Waals surface area contributed by atoms with Gasteiger partial charge in [-0.2, -0.15) is 5.10 Å². The molecule has 0 aromatic carbocycles. The minimum Gasteiger partial charge on any atom is -0.310 e. The Kier molecular flexibility index (Phi) is 3.71. The van der Waals surface area contributed by atoms with Crippen LogP contribution in [0, 0.1) is 0 Å². The quantitative estimate of drug-likeness (QED) is 0.871. The molecule has 0 bridgehead atoms. The van der Waals surface area contributed by atoms with Crippen LogP contribution in [0.5, 0.6) is 0 Å². The molecule has 0 saturated carbocycles. The van der Waals surface area contributed by atoms with Gasteiger partial charge in [-0.25, -0.2) is 4.98 Å². The molecule has 0 atom stereocenters. The van der Waals surface area contributed by atoms with Gasteiger partial charge in [-0.1, -0.05) is 6.92 Å². The van der Waals surface area contributed by atoms with E-state index >= 15 is 0 Å². The average Bonchev–Trinajstić information content (AvgIpc) is 2.75. The zero-order chi connectivity index (χ0) is 14.0. The predicted octanol–water partition coefficient (Wildman–Crippen LogP) is 0.908. The number of nitrogens with zero attached hydrogens (tertiary/aromatic N) is 4. The van der Waals surface area contributed by atoms with E-state index in [0.29, 0.717) is 17.6 Å². The van der Waals surface area contributed by atoms with Crippen LogP contribution in [-0.4, -0.2) is 31.4 Å². The molecular formula is C13H21N5O. The number of hydrogen-bond donors (Lipinski definition) is 1. The van der Waals surface area contributed by atoms with E-state index in [1.54, 1.807) is 28.8 Å². The normalized spacial score (nSPS) is 12.2. The van der Waals surface area contributed by atoms with Gasteiger partial charge < -0.3 is 5.32 Å². The highest BCUT2D eigenvalue weighted by atomic mass is 16.1. The average molecular weight is 263 g/mol. The monoisotopic (exact) mass is 263 g/mol. The second-order valence-electron chi connectivity index (χ2n) is 5.41. The van der Waals surface area contributed by atoms with Gasteiger partial charge in [0.2, 0.25) is 0 Å². The summed E-state index contributed by atoms with van der Waals surface area (Å²) in [6.07, 6.45) is 4.21. The van der Waals surface area contributed by atoms with E-state index in [4.69, 9.17) is 0 Å². The third kappa shape index (κ3) is 2.84. The standard InChI is InChI=1S/C13H21N5O/c1-5-13(2,3)15-6-7-18-9-14-11-10(12(18)19)8-16-17(11)4/h8-9,15H,5-7H2,1-4H3. The van der Waals surface area contributed by atoms with Crippen molar-refractivity contribution in [1.29, 1.82) is 0 Å². The summed E-state index contributed by atoms with van der Waals surface area (Å²) < 4.78 is 3.24. The molecule has 0 amide bonds. The minimum atomic E-state index is -0.0331. The van der Waals surface area contributed by atoms with E-state index in [1.165, 1.54) is 0 Å². The molecule has 19 heavy (non-hydrogen) atoms. The highest BCUT2D eigenvalue weighted by Gasteiger charge is 2.13. The SMILES string of the molecule is CCC(C)(C)NCCn1cnc2c(cnn2C)c1=O. The second-order valence-corrected chi connectivity index (χ2v) is 5.41. The summed E-state index contributed by atoms with van der Waals surface area (Å²) in [5.41, 5.74) is 0.687. The first-order chi connectivity index (χ1) is 8.94. The largest absolute Gasteiger partial charge is 0.310 e. The van der Waals surface area contributed by atoms with Crippen LogP contribution >= 0.6 is 0 Å². The van der Waals surface area contributed by atoms with E-state index in [0.717, 1.165) is 13.0 Å². The van der Waals surface area contributed by atoms with E-state index in [1.807, 2.05) is 0 Å². The van der Waals surface area contributed by atoms with Crippen LogP contribution in [0.4, 0.5) is 0 Å². The van der Waals surface area contributed by atoms with Gasteiger partial charge in [0.1, 0.15) is 11.7 Å². The number of nitrogens with one attached hydrogen (secondary N) is 1. The van der Waals surface area contributed by atoms with Gasteiger partial charge >= 0.3 is 0 Å². The Morgan fingerprint density at radius 2 is 2.16 bits per heavy atom. The summed E-state index contributed by atoms with van der Waals surface area (Å²) in [4.78, 5) is 16.5. The number of rotatable bonds is 5. The molecule has 0 unspecified atom stereocenters. The van der Waals surface area contributed by atoms with Gasteiger partial charge in [-0.3, -0.25) is 14.0 Å². The van der Waals surface area contributed by atoms with E-state index < -0.39 is 0 Å². The van der Waals surface area contributed by atoms with Crippen molar-refractivity contribution < 1.29 is 0 Å². The number of aryl methyl sites for hydroxylation is 1.